The molecule has 0 atom stereocenters. The maximum atomic E-state index is 9.47. The first-order chi connectivity index (χ1) is 11.8. The van der Waals surface area contributed by atoms with Gasteiger partial charge >= 0.3 is 0 Å². The van der Waals surface area contributed by atoms with Gasteiger partial charge in [-0.3, -0.25) is 0 Å². The quantitative estimate of drug-likeness (QED) is 0.396. The summed E-state index contributed by atoms with van der Waals surface area (Å²) < 4.78 is 10.2. The minimum absolute atomic E-state index is 0.390. The predicted octanol–water partition coefficient (Wildman–Crippen LogP) is 5.22. The van der Waals surface area contributed by atoms with E-state index >= 15 is 0 Å². The monoisotopic (exact) mass is 394 g/mol. The first-order valence-electron chi connectivity index (χ1n) is 7.62. The van der Waals surface area contributed by atoms with Crippen molar-refractivity contribution in [2.45, 2.75) is 24.6 Å². The van der Waals surface area contributed by atoms with Crippen LogP contribution in [0, 0.1) is 18.3 Å². The molecule has 0 spiro atoms. The van der Waals surface area contributed by atoms with Crippen LogP contribution in [-0.2, 0) is 4.87 Å². The summed E-state index contributed by atoms with van der Waals surface area (Å²) in [4.78, 5) is 5.71. The van der Waals surface area contributed by atoms with Crippen LogP contribution in [0.5, 0.6) is 10.8 Å². The van der Waals surface area contributed by atoms with Gasteiger partial charge in [0, 0.05) is 25.6 Å². The molecule has 0 saturated heterocycles. The molecule has 5 nitrogen and oxygen atoms in total. The lowest BCUT2D eigenvalue weighted by Crippen LogP contribution is -2.07. The van der Waals surface area contributed by atoms with E-state index in [1.54, 1.807) is 18.5 Å². The van der Waals surface area contributed by atoms with Crippen LogP contribution in [0.2, 0.25) is 5.02 Å². The standard InChI is InChI=1S/C17H16Cl2N4OS/c1-10-6-14(12(18)7-13(10)21-9-23(2)3)24-16-11(8-20)15(22-25-16)17(19)4-5-17/h6-7,9H,4-5H2,1-3H3/b21-9-. The van der Waals surface area contributed by atoms with Crippen LogP contribution in [0.25, 0.3) is 0 Å². The Bertz CT molecular complexity index is 882. The van der Waals surface area contributed by atoms with E-state index in [-0.39, 0.29) is 0 Å². The van der Waals surface area contributed by atoms with E-state index in [4.69, 9.17) is 27.9 Å². The van der Waals surface area contributed by atoms with Gasteiger partial charge < -0.3 is 9.64 Å². The number of benzene rings is 1. The van der Waals surface area contributed by atoms with Crippen LogP contribution in [0.3, 0.4) is 0 Å². The van der Waals surface area contributed by atoms with Gasteiger partial charge in [0.2, 0.25) is 5.06 Å². The Morgan fingerprint density at radius 2 is 2.16 bits per heavy atom. The van der Waals surface area contributed by atoms with Crippen molar-refractivity contribution >= 4 is 46.8 Å². The minimum Gasteiger partial charge on any atom is -0.442 e. The van der Waals surface area contributed by atoms with E-state index in [9.17, 15) is 5.26 Å². The predicted molar refractivity (Wildman–Crippen MR) is 102 cm³/mol. The molecule has 8 heteroatoms. The third-order valence-corrected chi connectivity index (χ3v) is 5.35. The summed E-state index contributed by atoms with van der Waals surface area (Å²) in [5.41, 5.74) is 2.67. The average Bonchev–Trinajstić information content (AvgIpc) is 3.16. The fraction of sp³-hybridized carbons (Fsp3) is 0.353. The van der Waals surface area contributed by atoms with Crippen LogP contribution in [-0.4, -0.2) is 29.7 Å². The Morgan fingerprint density at radius 1 is 1.44 bits per heavy atom. The number of aryl methyl sites for hydroxylation is 1. The molecule has 2 aromatic rings. The van der Waals surface area contributed by atoms with E-state index in [2.05, 4.69) is 15.4 Å². The van der Waals surface area contributed by atoms with E-state index in [0.29, 0.717) is 27.1 Å². The third-order valence-electron chi connectivity index (χ3n) is 3.77. The van der Waals surface area contributed by atoms with Gasteiger partial charge in [-0.25, -0.2) is 4.99 Å². The molecule has 25 heavy (non-hydrogen) atoms. The number of aliphatic imine (C=N–C) groups is 1. The maximum Gasteiger partial charge on any atom is 0.218 e. The average molecular weight is 395 g/mol. The maximum absolute atomic E-state index is 9.47. The molecule has 0 aliphatic heterocycles. The lowest BCUT2D eigenvalue weighted by molar-refractivity contribution is 0.494. The van der Waals surface area contributed by atoms with Gasteiger partial charge in [-0.15, -0.1) is 11.6 Å². The van der Waals surface area contributed by atoms with E-state index < -0.39 is 4.87 Å². The summed E-state index contributed by atoms with van der Waals surface area (Å²) in [5.74, 6) is 0.467. The molecule has 1 fully saturated rings. The summed E-state index contributed by atoms with van der Waals surface area (Å²) in [6.07, 6.45) is 3.35. The molecular formula is C17H16Cl2N4OS. The molecule has 1 saturated carbocycles. The zero-order valence-corrected chi connectivity index (χ0v) is 16.3. The molecule has 1 aliphatic rings. The van der Waals surface area contributed by atoms with Crippen molar-refractivity contribution in [2.75, 3.05) is 14.1 Å². The van der Waals surface area contributed by atoms with Crippen molar-refractivity contribution in [3.63, 3.8) is 0 Å². The second-order valence-corrected chi connectivity index (χ2v) is 8.02. The molecule has 1 aromatic carbocycles. The van der Waals surface area contributed by atoms with Crippen molar-refractivity contribution < 1.29 is 4.74 Å². The van der Waals surface area contributed by atoms with Gasteiger partial charge in [0.05, 0.1) is 27.6 Å². The fourth-order valence-corrected chi connectivity index (χ4v) is 3.51. The summed E-state index contributed by atoms with van der Waals surface area (Å²) in [5, 5.41) is 10.3. The summed E-state index contributed by atoms with van der Waals surface area (Å²) in [6.45, 7) is 1.92. The summed E-state index contributed by atoms with van der Waals surface area (Å²) >= 11 is 13.9. The number of halogens is 2. The summed E-state index contributed by atoms with van der Waals surface area (Å²) in [7, 11) is 3.79. The highest BCUT2D eigenvalue weighted by Crippen LogP contribution is 2.54. The van der Waals surface area contributed by atoms with E-state index in [0.717, 1.165) is 35.6 Å². The van der Waals surface area contributed by atoms with Gasteiger partial charge in [-0.05, 0) is 37.5 Å². The van der Waals surface area contributed by atoms with Crippen molar-refractivity contribution in [3.8, 4) is 16.9 Å². The number of hydrogen-bond acceptors (Lipinski definition) is 5. The first-order valence-corrected chi connectivity index (χ1v) is 9.15. The van der Waals surface area contributed by atoms with Crippen molar-refractivity contribution in [1.82, 2.24) is 9.27 Å². The molecule has 130 valence electrons. The number of ether oxygens (including phenoxy) is 1. The number of alkyl halides is 1. The van der Waals surface area contributed by atoms with Crippen LogP contribution >= 0.6 is 34.7 Å². The number of aromatic nitrogens is 1. The molecule has 0 N–H and O–H groups in total. The molecule has 0 amide bonds. The van der Waals surface area contributed by atoms with Crippen molar-refractivity contribution in [1.29, 1.82) is 5.26 Å². The number of rotatable bonds is 5. The SMILES string of the molecule is Cc1cc(Oc2snc(C3(Cl)CC3)c2C#N)c(Cl)cc1/N=C\N(C)C. The number of hydrogen-bond donors (Lipinski definition) is 0. The van der Waals surface area contributed by atoms with Crippen LogP contribution in [0.15, 0.2) is 17.1 Å². The lowest BCUT2D eigenvalue weighted by Gasteiger charge is -2.10. The highest BCUT2D eigenvalue weighted by atomic mass is 35.5. The van der Waals surface area contributed by atoms with Gasteiger partial charge in [0.1, 0.15) is 17.4 Å². The lowest BCUT2D eigenvalue weighted by atomic mass is 10.2. The Hall–Kier alpha value is -1.81. The summed E-state index contributed by atoms with van der Waals surface area (Å²) in [6, 6.07) is 5.70. The minimum atomic E-state index is -0.506. The topological polar surface area (TPSA) is 61.5 Å². The van der Waals surface area contributed by atoms with Crippen LogP contribution < -0.4 is 4.74 Å². The second kappa shape index (κ2) is 6.83. The Balaban J connectivity index is 1.90. The Morgan fingerprint density at radius 3 is 2.76 bits per heavy atom. The van der Waals surface area contributed by atoms with E-state index in [1.807, 2.05) is 25.9 Å². The first kappa shape index (κ1) is 18.0. The number of nitriles is 1. The van der Waals surface area contributed by atoms with Gasteiger partial charge in [0.25, 0.3) is 0 Å². The number of nitrogens with zero attached hydrogens (tertiary/aromatic N) is 4. The molecule has 3 rings (SSSR count). The normalized spacial score (nSPS) is 15.2. The fourth-order valence-electron chi connectivity index (χ4n) is 2.24. The van der Waals surface area contributed by atoms with Gasteiger partial charge in [-0.1, -0.05) is 11.6 Å². The van der Waals surface area contributed by atoms with Crippen LogP contribution in [0.4, 0.5) is 5.69 Å². The molecule has 1 aliphatic carbocycles. The zero-order valence-electron chi connectivity index (χ0n) is 14.0. The highest BCUT2D eigenvalue weighted by Gasteiger charge is 2.47. The second-order valence-electron chi connectivity index (χ2n) is 6.15. The smallest absolute Gasteiger partial charge is 0.218 e. The zero-order chi connectivity index (χ0) is 18.2. The molecule has 1 heterocycles. The Kier molecular flexibility index (Phi) is 4.92. The van der Waals surface area contributed by atoms with Crippen molar-refractivity contribution in [2.24, 2.45) is 4.99 Å². The van der Waals surface area contributed by atoms with Crippen LogP contribution in [0.1, 0.15) is 29.7 Å². The molecular weight excluding hydrogens is 379 g/mol. The Labute approximate surface area is 160 Å². The molecule has 0 unspecified atom stereocenters. The van der Waals surface area contributed by atoms with Gasteiger partial charge in [0.15, 0.2) is 0 Å². The third kappa shape index (κ3) is 3.74. The largest absolute Gasteiger partial charge is 0.442 e. The molecule has 0 radical (unpaired) electrons. The van der Waals surface area contributed by atoms with E-state index in [1.165, 1.54) is 0 Å². The molecule has 1 aromatic heterocycles. The highest BCUT2D eigenvalue weighted by molar-refractivity contribution is 7.08. The van der Waals surface area contributed by atoms with Gasteiger partial charge in [-0.2, -0.15) is 9.64 Å². The van der Waals surface area contributed by atoms with Crippen molar-refractivity contribution in [3.05, 3.63) is 34.0 Å². The molecule has 0 bridgehead atoms.